The Hall–Kier alpha value is -1.02. The molecule has 0 aliphatic carbocycles. The largest absolute Gasteiger partial charge is 0.472 e. The fourth-order valence-corrected chi connectivity index (χ4v) is 7.24. The number of amides is 1. The summed E-state index contributed by atoms with van der Waals surface area (Å²) in [7, 11) is 1.57. The maximum atomic E-state index is 12.9. The lowest BCUT2D eigenvalue weighted by atomic mass is 10.0. The number of carbonyl (C=O) groups excluding carboxylic acids is 1. The number of phosphoric acid groups is 1. The Morgan fingerprint density at radius 2 is 1.00 bits per heavy atom. The predicted molar refractivity (Wildman–Crippen MR) is 231 cm³/mol. The highest BCUT2D eigenvalue weighted by Gasteiger charge is 2.27. The standard InChI is InChI=1S/C45H89N2O6P/c1-6-8-10-12-14-16-18-20-22-23-24-25-27-29-31-33-35-37-39-45(49)46-43(42-53-54(50,51)52-41-40-47(3,4)5)44(48)38-36-34-32-30-28-26-21-19-17-15-13-11-9-7-2/h22-23,36,38,43-44,48H,6-21,24-35,37,39-42H2,1-5H3,(H-,46,49,50,51)/p+1/b23-22-,38-36+. The van der Waals surface area contributed by atoms with Gasteiger partial charge in [-0.2, -0.15) is 0 Å². The van der Waals surface area contributed by atoms with Gasteiger partial charge >= 0.3 is 7.82 Å². The molecule has 0 aromatic heterocycles. The summed E-state index contributed by atoms with van der Waals surface area (Å²) in [6.07, 6.45) is 43.8. The Balaban J connectivity index is 4.40. The molecule has 3 N–H and O–H groups in total. The van der Waals surface area contributed by atoms with Crippen molar-refractivity contribution in [2.45, 2.75) is 219 Å². The van der Waals surface area contributed by atoms with Crippen molar-refractivity contribution in [3.8, 4) is 0 Å². The van der Waals surface area contributed by atoms with Gasteiger partial charge in [-0.1, -0.05) is 179 Å². The van der Waals surface area contributed by atoms with Crippen LogP contribution in [0.4, 0.5) is 0 Å². The summed E-state index contributed by atoms with van der Waals surface area (Å²) < 4.78 is 23.6. The number of aliphatic hydroxyl groups is 1. The quantitative estimate of drug-likeness (QED) is 0.0247. The van der Waals surface area contributed by atoms with Crippen molar-refractivity contribution in [1.29, 1.82) is 0 Å². The summed E-state index contributed by atoms with van der Waals surface area (Å²) in [5, 5.41) is 13.8. The summed E-state index contributed by atoms with van der Waals surface area (Å²) in [6.45, 7) is 4.81. The van der Waals surface area contributed by atoms with Crippen LogP contribution in [0.2, 0.25) is 0 Å². The normalized spacial score (nSPS) is 14.6. The fourth-order valence-electron chi connectivity index (χ4n) is 6.51. The van der Waals surface area contributed by atoms with E-state index in [0.717, 1.165) is 38.5 Å². The van der Waals surface area contributed by atoms with E-state index in [-0.39, 0.29) is 19.1 Å². The molecule has 0 saturated carbocycles. The van der Waals surface area contributed by atoms with Crippen LogP contribution in [0.5, 0.6) is 0 Å². The number of phosphoric ester groups is 1. The van der Waals surface area contributed by atoms with Crippen molar-refractivity contribution in [1.82, 2.24) is 5.32 Å². The van der Waals surface area contributed by atoms with Gasteiger partial charge in [0.15, 0.2) is 0 Å². The number of carbonyl (C=O) groups is 1. The zero-order chi connectivity index (χ0) is 40.0. The number of likely N-dealkylation sites (N-methyl/N-ethyl adjacent to an activating group) is 1. The maximum absolute atomic E-state index is 12.9. The average Bonchev–Trinajstić information content (AvgIpc) is 3.12. The Bertz CT molecular complexity index is 938. The third-order valence-electron chi connectivity index (χ3n) is 10.2. The van der Waals surface area contributed by atoms with Gasteiger partial charge < -0.3 is 19.8 Å². The lowest BCUT2D eigenvalue weighted by Crippen LogP contribution is -2.45. The minimum absolute atomic E-state index is 0.0617. The number of rotatable bonds is 41. The number of unbranched alkanes of at least 4 members (excludes halogenated alkanes) is 26. The number of aliphatic hydroxyl groups excluding tert-OH is 1. The number of quaternary nitrogens is 1. The van der Waals surface area contributed by atoms with Crippen molar-refractivity contribution >= 4 is 13.7 Å². The van der Waals surface area contributed by atoms with E-state index in [4.69, 9.17) is 9.05 Å². The van der Waals surface area contributed by atoms with Crippen molar-refractivity contribution in [2.24, 2.45) is 0 Å². The first-order chi connectivity index (χ1) is 26.0. The zero-order valence-electron chi connectivity index (χ0n) is 36.2. The van der Waals surface area contributed by atoms with Gasteiger partial charge in [0.05, 0.1) is 39.9 Å². The van der Waals surface area contributed by atoms with Crippen LogP contribution in [0.3, 0.4) is 0 Å². The van der Waals surface area contributed by atoms with E-state index in [9.17, 15) is 19.4 Å². The molecule has 0 bridgehead atoms. The summed E-state index contributed by atoms with van der Waals surface area (Å²) in [5.41, 5.74) is 0. The van der Waals surface area contributed by atoms with Crippen LogP contribution in [0, 0.1) is 0 Å². The average molecular weight is 786 g/mol. The zero-order valence-corrected chi connectivity index (χ0v) is 37.1. The lowest BCUT2D eigenvalue weighted by molar-refractivity contribution is -0.870. The Morgan fingerprint density at radius 3 is 1.43 bits per heavy atom. The summed E-state index contributed by atoms with van der Waals surface area (Å²) in [5.74, 6) is -0.181. The molecule has 3 atom stereocenters. The topological polar surface area (TPSA) is 105 Å². The van der Waals surface area contributed by atoms with Crippen LogP contribution in [0.15, 0.2) is 24.3 Å². The van der Waals surface area contributed by atoms with Crippen LogP contribution >= 0.6 is 7.82 Å². The van der Waals surface area contributed by atoms with E-state index in [2.05, 4.69) is 31.3 Å². The summed E-state index contributed by atoms with van der Waals surface area (Å²) >= 11 is 0. The first kappa shape index (κ1) is 53.0. The molecule has 0 fully saturated rings. The van der Waals surface area contributed by atoms with Gasteiger partial charge in [0.1, 0.15) is 13.2 Å². The molecule has 1 amide bonds. The van der Waals surface area contributed by atoms with Crippen LogP contribution in [0.25, 0.3) is 0 Å². The van der Waals surface area contributed by atoms with Crippen molar-refractivity contribution in [2.75, 3.05) is 40.9 Å². The molecule has 0 aromatic rings. The molecule has 0 aliphatic rings. The highest BCUT2D eigenvalue weighted by atomic mass is 31.2. The van der Waals surface area contributed by atoms with Crippen molar-refractivity contribution in [3.63, 3.8) is 0 Å². The molecule has 3 unspecified atom stereocenters. The number of nitrogens with zero attached hydrogens (tertiary/aromatic N) is 1. The van der Waals surface area contributed by atoms with E-state index < -0.39 is 20.0 Å². The maximum Gasteiger partial charge on any atom is 0.472 e. The van der Waals surface area contributed by atoms with Crippen molar-refractivity contribution in [3.05, 3.63) is 24.3 Å². The van der Waals surface area contributed by atoms with Gasteiger partial charge in [-0.05, 0) is 44.9 Å². The Morgan fingerprint density at radius 1 is 0.611 bits per heavy atom. The number of allylic oxidation sites excluding steroid dienone is 3. The van der Waals surface area contributed by atoms with Crippen LogP contribution < -0.4 is 5.32 Å². The number of hydrogen-bond donors (Lipinski definition) is 3. The molecular weight excluding hydrogens is 695 g/mol. The van der Waals surface area contributed by atoms with E-state index in [1.54, 1.807) is 6.08 Å². The minimum Gasteiger partial charge on any atom is -0.387 e. The first-order valence-corrected chi connectivity index (χ1v) is 24.2. The van der Waals surface area contributed by atoms with Gasteiger partial charge in [-0.15, -0.1) is 0 Å². The lowest BCUT2D eigenvalue weighted by Gasteiger charge is -2.25. The summed E-state index contributed by atoms with van der Waals surface area (Å²) in [6, 6.07) is -0.845. The monoisotopic (exact) mass is 786 g/mol. The molecule has 0 radical (unpaired) electrons. The van der Waals surface area contributed by atoms with Crippen molar-refractivity contribution < 1.29 is 32.9 Å². The van der Waals surface area contributed by atoms with E-state index in [0.29, 0.717) is 17.4 Å². The van der Waals surface area contributed by atoms with E-state index >= 15 is 0 Å². The van der Waals surface area contributed by atoms with Gasteiger partial charge in [-0.25, -0.2) is 4.57 Å². The molecule has 0 rings (SSSR count). The molecule has 0 saturated heterocycles. The SMILES string of the molecule is CCCCCCCCC/C=C\CCCCCCCCCC(=O)NC(COP(=O)(O)OCC[N+](C)(C)C)C(O)/C=C/CCCCCCCCCCCCCC. The molecule has 8 nitrogen and oxygen atoms in total. The molecular formula is C45H90N2O6P+. The second-order valence-corrected chi connectivity index (χ2v) is 18.2. The van der Waals surface area contributed by atoms with Gasteiger partial charge in [0.2, 0.25) is 5.91 Å². The highest BCUT2D eigenvalue weighted by Crippen LogP contribution is 2.43. The molecule has 0 aliphatic heterocycles. The highest BCUT2D eigenvalue weighted by molar-refractivity contribution is 7.47. The minimum atomic E-state index is -4.33. The molecule has 0 aromatic carbocycles. The van der Waals surface area contributed by atoms with Crippen LogP contribution in [-0.2, 0) is 18.4 Å². The second-order valence-electron chi connectivity index (χ2n) is 16.8. The smallest absolute Gasteiger partial charge is 0.387 e. The second kappa shape index (κ2) is 37.6. The Kier molecular flexibility index (Phi) is 36.8. The van der Waals surface area contributed by atoms with Crippen LogP contribution in [0.1, 0.15) is 206 Å². The predicted octanol–water partition coefficient (Wildman–Crippen LogP) is 12.5. The summed E-state index contributed by atoms with van der Waals surface area (Å²) in [4.78, 5) is 23.1. The third kappa shape index (κ3) is 39.2. The third-order valence-corrected chi connectivity index (χ3v) is 11.1. The van der Waals surface area contributed by atoms with Gasteiger partial charge in [0, 0.05) is 6.42 Å². The van der Waals surface area contributed by atoms with Crippen LogP contribution in [-0.4, -0.2) is 73.4 Å². The number of nitrogens with one attached hydrogen (secondary N) is 1. The fraction of sp³-hybridized carbons (Fsp3) is 0.889. The molecule has 0 heterocycles. The molecule has 9 heteroatoms. The molecule has 54 heavy (non-hydrogen) atoms. The van der Waals surface area contributed by atoms with Gasteiger partial charge in [0.25, 0.3) is 0 Å². The van der Waals surface area contributed by atoms with Gasteiger partial charge in [-0.3, -0.25) is 13.8 Å². The Labute approximate surface area is 334 Å². The van der Waals surface area contributed by atoms with E-state index in [1.165, 1.54) is 148 Å². The first-order valence-electron chi connectivity index (χ1n) is 22.7. The van der Waals surface area contributed by atoms with E-state index in [1.807, 2.05) is 27.2 Å². The number of hydrogen-bond acceptors (Lipinski definition) is 5. The molecule has 320 valence electrons. The molecule has 0 spiro atoms.